The molecule has 0 spiro atoms. The van der Waals surface area contributed by atoms with Crippen molar-refractivity contribution in [3.8, 4) is 0 Å². The zero-order chi connectivity index (χ0) is 31.7. The average Bonchev–Trinajstić information content (AvgIpc) is 3.73. The summed E-state index contributed by atoms with van der Waals surface area (Å²) in [7, 11) is 0. The van der Waals surface area contributed by atoms with Gasteiger partial charge in [0, 0.05) is 11.4 Å². The van der Waals surface area contributed by atoms with E-state index in [0.29, 0.717) is 18.0 Å². The highest BCUT2D eigenvalue weighted by Crippen LogP contribution is 2.55. The van der Waals surface area contributed by atoms with Gasteiger partial charge in [-0.2, -0.15) is 0 Å². The highest BCUT2D eigenvalue weighted by atomic mass is 16.7. The van der Waals surface area contributed by atoms with E-state index in [9.17, 15) is 9.59 Å². The fourth-order valence-electron chi connectivity index (χ4n) is 6.34. The van der Waals surface area contributed by atoms with E-state index in [1.165, 1.54) is 0 Å². The van der Waals surface area contributed by atoms with E-state index >= 15 is 0 Å². The van der Waals surface area contributed by atoms with Crippen molar-refractivity contribution in [3.63, 3.8) is 0 Å². The van der Waals surface area contributed by atoms with Gasteiger partial charge in [0.25, 0.3) is 0 Å². The van der Waals surface area contributed by atoms with Crippen molar-refractivity contribution < 1.29 is 33.3 Å². The van der Waals surface area contributed by atoms with Gasteiger partial charge >= 0.3 is 12.2 Å². The van der Waals surface area contributed by atoms with Crippen LogP contribution in [0.2, 0.25) is 0 Å². The van der Waals surface area contributed by atoms with Gasteiger partial charge in [-0.3, -0.25) is 10.6 Å². The van der Waals surface area contributed by atoms with E-state index < -0.39 is 29.6 Å². The molecule has 10 heteroatoms. The lowest BCUT2D eigenvalue weighted by atomic mass is 9.93. The summed E-state index contributed by atoms with van der Waals surface area (Å²) in [6.45, 7) is 4.83. The molecule has 4 aromatic rings. The number of benzene rings is 4. The largest absolute Gasteiger partial charge is 0.444 e. The predicted molar refractivity (Wildman–Crippen MR) is 169 cm³/mol. The lowest BCUT2D eigenvalue weighted by Gasteiger charge is -2.33. The molecule has 2 amide bonds. The smallest absolute Gasteiger partial charge is 0.411 e. The van der Waals surface area contributed by atoms with Crippen LogP contribution in [0.3, 0.4) is 0 Å². The van der Waals surface area contributed by atoms with Crippen molar-refractivity contribution in [2.75, 3.05) is 17.2 Å². The zero-order valence-corrected chi connectivity index (χ0v) is 25.6. The van der Waals surface area contributed by atoms with E-state index in [0.717, 1.165) is 22.3 Å². The fraction of sp³-hybridized carbons (Fsp3) is 0.278. The number of carbonyl (C=O) groups is 2. The molecule has 0 unspecified atom stereocenters. The summed E-state index contributed by atoms with van der Waals surface area (Å²) < 4.78 is 30.3. The van der Waals surface area contributed by atoms with E-state index in [1.807, 2.05) is 123 Å². The molecule has 10 nitrogen and oxygen atoms in total. The van der Waals surface area contributed by atoms with Crippen molar-refractivity contribution in [2.45, 2.75) is 56.9 Å². The molecule has 4 aromatic carbocycles. The summed E-state index contributed by atoms with van der Waals surface area (Å²) in [6.07, 6.45) is -2.11. The number of hydrogen-bond donors (Lipinski definition) is 2. The SMILES string of the molecule is C[C@@]1(c2ccc(NC(=O)OCc3ccccc3)cc2)O[C@@H]2N3[C@H](CO[C@H]31)O[C@]2(C)c1ccc(NC(=O)OCc2ccccc2)cc1. The minimum atomic E-state index is -0.791. The van der Waals surface area contributed by atoms with Gasteiger partial charge in [0.1, 0.15) is 43.1 Å². The molecule has 7 rings (SSSR count). The second-order valence-electron chi connectivity index (χ2n) is 11.9. The maximum absolute atomic E-state index is 12.4. The Morgan fingerprint density at radius 2 is 1.13 bits per heavy atom. The Bertz CT molecular complexity index is 1590. The number of ether oxygens (including phenoxy) is 5. The van der Waals surface area contributed by atoms with Gasteiger partial charge in [0.05, 0.1) is 6.61 Å². The van der Waals surface area contributed by atoms with Gasteiger partial charge < -0.3 is 23.7 Å². The number of nitrogens with one attached hydrogen (secondary N) is 2. The van der Waals surface area contributed by atoms with Crippen molar-refractivity contribution in [2.24, 2.45) is 0 Å². The molecular weight excluding hydrogens is 586 g/mol. The normalized spacial score (nSPS) is 26.3. The lowest BCUT2D eigenvalue weighted by molar-refractivity contribution is -0.138. The Kier molecular flexibility index (Phi) is 7.95. The zero-order valence-electron chi connectivity index (χ0n) is 25.6. The monoisotopic (exact) mass is 621 g/mol. The average molecular weight is 622 g/mol. The molecule has 3 aliphatic heterocycles. The quantitative estimate of drug-likeness (QED) is 0.224. The Morgan fingerprint density at radius 1 is 0.674 bits per heavy atom. The molecule has 3 saturated heterocycles. The summed E-state index contributed by atoms with van der Waals surface area (Å²) in [5, 5.41) is 5.57. The van der Waals surface area contributed by atoms with Crippen molar-refractivity contribution in [1.82, 2.24) is 4.90 Å². The molecule has 2 N–H and O–H groups in total. The van der Waals surface area contributed by atoms with E-state index in [4.69, 9.17) is 23.7 Å². The molecule has 0 aromatic heterocycles. The topological polar surface area (TPSA) is 108 Å². The van der Waals surface area contributed by atoms with Gasteiger partial charge in [-0.15, -0.1) is 0 Å². The predicted octanol–water partition coefficient (Wildman–Crippen LogP) is 6.69. The summed E-state index contributed by atoms with van der Waals surface area (Å²) in [6, 6.07) is 34.1. The van der Waals surface area contributed by atoms with Gasteiger partial charge in [-0.1, -0.05) is 84.9 Å². The molecule has 3 heterocycles. The van der Waals surface area contributed by atoms with E-state index in [-0.39, 0.29) is 25.7 Å². The van der Waals surface area contributed by atoms with Gasteiger partial charge in [-0.25, -0.2) is 14.5 Å². The van der Waals surface area contributed by atoms with Crippen molar-refractivity contribution >= 4 is 23.6 Å². The number of anilines is 2. The maximum atomic E-state index is 12.4. The van der Waals surface area contributed by atoms with Crippen LogP contribution in [0, 0.1) is 0 Å². The molecule has 0 bridgehead atoms. The number of amides is 2. The van der Waals surface area contributed by atoms with Crippen LogP contribution in [-0.4, -0.2) is 42.4 Å². The van der Waals surface area contributed by atoms with Crippen LogP contribution in [-0.2, 0) is 48.1 Å². The minimum Gasteiger partial charge on any atom is -0.444 e. The standard InChI is InChI=1S/C36H35N3O7/c1-35(26-13-17-28(18-14-26)37-33(40)43-21-24-9-5-3-6-10-24)31-39-30(23-42-31)45-36(2,32(39)46-35)27-15-19-29(20-16-27)38-34(41)44-22-25-11-7-4-8-12-25/h3-20,30-32H,21-23H2,1-2H3,(H,37,40)(H,38,41)/t30-,31-,32-,35-,36+/m0/s1. The van der Waals surface area contributed by atoms with Crippen molar-refractivity contribution in [1.29, 1.82) is 0 Å². The molecule has 3 fully saturated rings. The highest BCUT2D eigenvalue weighted by molar-refractivity contribution is 5.85. The van der Waals surface area contributed by atoms with Gasteiger partial charge in [0.15, 0.2) is 0 Å². The number of nitrogens with zero attached hydrogens (tertiary/aromatic N) is 1. The molecule has 0 saturated carbocycles. The Hall–Kier alpha value is -4.74. The minimum absolute atomic E-state index is 0.190. The van der Waals surface area contributed by atoms with Crippen molar-refractivity contribution in [3.05, 3.63) is 131 Å². The van der Waals surface area contributed by atoms with Crippen LogP contribution in [0.1, 0.15) is 36.1 Å². The Morgan fingerprint density at radius 3 is 1.61 bits per heavy atom. The molecule has 236 valence electrons. The van der Waals surface area contributed by atoms with Gasteiger partial charge in [0.2, 0.25) is 0 Å². The number of carbonyl (C=O) groups excluding carboxylic acids is 2. The summed E-state index contributed by atoms with van der Waals surface area (Å²) >= 11 is 0. The first-order chi connectivity index (χ1) is 22.3. The van der Waals surface area contributed by atoms with E-state index in [2.05, 4.69) is 15.5 Å². The Balaban J connectivity index is 1.00. The summed E-state index contributed by atoms with van der Waals surface area (Å²) in [4.78, 5) is 26.9. The second kappa shape index (κ2) is 12.2. The lowest BCUT2D eigenvalue weighted by Crippen LogP contribution is -2.40. The molecule has 0 aliphatic carbocycles. The third-order valence-corrected chi connectivity index (χ3v) is 8.79. The highest BCUT2D eigenvalue weighted by Gasteiger charge is 2.68. The van der Waals surface area contributed by atoms with Crippen LogP contribution in [0.25, 0.3) is 0 Å². The third kappa shape index (κ3) is 5.72. The Labute approximate surface area is 267 Å². The molecule has 5 atom stereocenters. The second-order valence-corrected chi connectivity index (χ2v) is 11.9. The fourth-order valence-corrected chi connectivity index (χ4v) is 6.34. The number of rotatable bonds is 8. The van der Waals surface area contributed by atoms with Crippen LogP contribution < -0.4 is 10.6 Å². The summed E-state index contributed by atoms with van der Waals surface area (Å²) in [5.74, 6) is 0. The molecule has 0 radical (unpaired) electrons. The molecule has 46 heavy (non-hydrogen) atoms. The third-order valence-electron chi connectivity index (χ3n) is 8.79. The number of hydrogen-bond acceptors (Lipinski definition) is 8. The van der Waals surface area contributed by atoms with Crippen LogP contribution >= 0.6 is 0 Å². The first-order valence-corrected chi connectivity index (χ1v) is 15.2. The molecular formula is C36H35N3O7. The maximum Gasteiger partial charge on any atom is 0.411 e. The first kappa shape index (κ1) is 29.9. The molecule has 3 aliphatic rings. The van der Waals surface area contributed by atoms with Crippen LogP contribution in [0.15, 0.2) is 109 Å². The van der Waals surface area contributed by atoms with E-state index in [1.54, 1.807) is 0 Å². The summed E-state index contributed by atoms with van der Waals surface area (Å²) in [5.41, 5.74) is 3.29. The van der Waals surface area contributed by atoms with Crippen LogP contribution in [0.5, 0.6) is 0 Å². The van der Waals surface area contributed by atoms with Gasteiger partial charge in [-0.05, 0) is 60.4 Å². The van der Waals surface area contributed by atoms with Crippen LogP contribution in [0.4, 0.5) is 21.0 Å². The first-order valence-electron chi connectivity index (χ1n) is 15.2.